The molecule has 0 aliphatic rings. The summed E-state index contributed by atoms with van der Waals surface area (Å²) >= 11 is 1.32. The van der Waals surface area contributed by atoms with Gasteiger partial charge in [-0.3, -0.25) is 4.40 Å². The van der Waals surface area contributed by atoms with Crippen LogP contribution in [-0.2, 0) is 19.9 Å². The van der Waals surface area contributed by atoms with Crippen molar-refractivity contribution in [2.45, 2.75) is 11.9 Å². The second-order valence-corrected chi connectivity index (χ2v) is 9.19. The molecule has 0 fully saturated rings. The topological polar surface area (TPSA) is 110 Å². The number of hydrogen-bond donors (Lipinski definition) is 2. The molecule has 118 valence electrons. The maximum Gasteiger partial charge on any atom is 0.260 e. The molecule has 2 heterocycles. The largest absolute Gasteiger partial charge is 0.368 e. The number of nitrogens with one attached hydrogen (secondary N) is 2. The van der Waals surface area contributed by atoms with Gasteiger partial charge in [0.2, 0.25) is 0 Å². The van der Waals surface area contributed by atoms with Gasteiger partial charge in [-0.15, -0.1) is 11.3 Å². The lowest BCUT2D eigenvalue weighted by molar-refractivity contribution is 0.578. The Hall–Kier alpha value is -1.17. The molecule has 11 heteroatoms. The van der Waals surface area contributed by atoms with Crippen LogP contribution in [0, 0.1) is 0 Å². The number of sulfonamides is 1. The van der Waals surface area contributed by atoms with Gasteiger partial charge in [0.05, 0.1) is 5.75 Å². The molecule has 2 aromatic heterocycles. The zero-order valence-electron chi connectivity index (χ0n) is 11.5. The Balaban J connectivity index is 2.34. The van der Waals surface area contributed by atoms with Crippen molar-refractivity contribution in [1.29, 1.82) is 0 Å². The fourth-order valence-corrected chi connectivity index (χ4v) is 4.39. The van der Waals surface area contributed by atoms with E-state index in [9.17, 15) is 16.8 Å². The summed E-state index contributed by atoms with van der Waals surface area (Å²) in [5.74, 6) is 0.00477. The lowest BCUT2D eigenvalue weighted by Gasteiger charge is -2.08. The van der Waals surface area contributed by atoms with E-state index in [0.29, 0.717) is 11.5 Å². The van der Waals surface area contributed by atoms with E-state index < -0.39 is 19.9 Å². The summed E-state index contributed by atoms with van der Waals surface area (Å²) in [4.78, 5) is 4.77. The molecule has 2 aromatic rings. The van der Waals surface area contributed by atoms with Crippen LogP contribution >= 0.6 is 11.3 Å². The van der Waals surface area contributed by atoms with Gasteiger partial charge in [-0.1, -0.05) is 0 Å². The number of imidazole rings is 1. The number of thiazole rings is 1. The maximum absolute atomic E-state index is 12.4. The van der Waals surface area contributed by atoms with Crippen molar-refractivity contribution >= 4 is 42.0 Å². The number of nitrogens with zero attached hydrogens (tertiary/aromatic N) is 2. The van der Waals surface area contributed by atoms with Crippen LogP contribution in [0.3, 0.4) is 0 Å². The fourth-order valence-electron chi connectivity index (χ4n) is 1.73. The van der Waals surface area contributed by atoms with Crippen molar-refractivity contribution in [2.75, 3.05) is 30.4 Å². The van der Waals surface area contributed by atoms with Gasteiger partial charge in [0.15, 0.2) is 15.8 Å². The normalized spacial score (nSPS) is 12.9. The summed E-state index contributed by atoms with van der Waals surface area (Å²) in [5.41, 5.74) is 0. The third-order valence-electron chi connectivity index (χ3n) is 2.58. The standard InChI is InChI=1S/C10H16N4O4S3/c1-3-11-8-9(14-5-6-19-10(14)13-8)21(17,18)12-4-7-20(2,15)16/h5-6,11-12H,3-4,7H2,1-2H3. The zero-order chi connectivity index (χ0) is 15.7. The first-order chi connectivity index (χ1) is 9.74. The van der Waals surface area contributed by atoms with Gasteiger partial charge in [0.25, 0.3) is 10.0 Å². The van der Waals surface area contributed by atoms with Gasteiger partial charge in [-0.05, 0) is 6.92 Å². The quantitative estimate of drug-likeness (QED) is 0.734. The second kappa shape index (κ2) is 5.91. The van der Waals surface area contributed by atoms with Crippen molar-refractivity contribution in [3.8, 4) is 0 Å². The van der Waals surface area contributed by atoms with Crippen molar-refractivity contribution in [2.24, 2.45) is 0 Å². The Bertz CT molecular complexity index is 835. The summed E-state index contributed by atoms with van der Waals surface area (Å²) in [5, 5.41) is 4.63. The average molecular weight is 352 g/mol. The molecule has 0 saturated carbocycles. The number of sulfone groups is 1. The molecule has 0 unspecified atom stereocenters. The molecule has 0 aliphatic carbocycles. The Morgan fingerprint density at radius 1 is 1.33 bits per heavy atom. The van der Waals surface area contributed by atoms with Crippen LogP contribution < -0.4 is 10.0 Å². The van der Waals surface area contributed by atoms with E-state index in [1.807, 2.05) is 6.92 Å². The first-order valence-corrected chi connectivity index (χ1v) is 10.5. The second-order valence-electron chi connectivity index (χ2n) is 4.38. The average Bonchev–Trinajstić information content (AvgIpc) is 2.86. The SMILES string of the molecule is CCNc1nc2sccn2c1S(=O)(=O)NCCS(C)(=O)=O. The highest BCUT2D eigenvalue weighted by molar-refractivity contribution is 7.91. The highest BCUT2D eigenvalue weighted by atomic mass is 32.2. The van der Waals surface area contributed by atoms with Crippen LogP contribution in [0.2, 0.25) is 0 Å². The van der Waals surface area contributed by atoms with Gasteiger partial charge in [0.1, 0.15) is 9.84 Å². The molecule has 0 spiro atoms. The van der Waals surface area contributed by atoms with Crippen LogP contribution in [0.1, 0.15) is 6.92 Å². The van der Waals surface area contributed by atoms with E-state index in [4.69, 9.17) is 0 Å². The van der Waals surface area contributed by atoms with Gasteiger partial charge in [-0.25, -0.2) is 26.5 Å². The van der Waals surface area contributed by atoms with Crippen molar-refractivity contribution < 1.29 is 16.8 Å². The Morgan fingerprint density at radius 2 is 2.05 bits per heavy atom. The molecule has 0 saturated heterocycles. The first kappa shape index (κ1) is 16.2. The van der Waals surface area contributed by atoms with Crippen molar-refractivity contribution in [3.63, 3.8) is 0 Å². The van der Waals surface area contributed by atoms with E-state index in [0.717, 1.165) is 6.26 Å². The van der Waals surface area contributed by atoms with Gasteiger partial charge in [-0.2, -0.15) is 0 Å². The molecule has 0 amide bonds. The van der Waals surface area contributed by atoms with Crippen LogP contribution in [0.25, 0.3) is 4.96 Å². The minimum absolute atomic E-state index is 0.00546. The lowest BCUT2D eigenvalue weighted by Crippen LogP contribution is -2.30. The summed E-state index contributed by atoms with van der Waals surface area (Å²) in [7, 11) is -7.09. The Kier molecular flexibility index (Phi) is 4.56. The van der Waals surface area contributed by atoms with Gasteiger partial charge < -0.3 is 5.32 Å². The maximum atomic E-state index is 12.4. The first-order valence-electron chi connectivity index (χ1n) is 6.11. The molecule has 0 aromatic carbocycles. The predicted molar refractivity (Wildman–Crippen MR) is 82.1 cm³/mol. The molecule has 0 radical (unpaired) electrons. The monoisotopic (exact) mass is 352 g/mol. The highest BCUT2D eigenvalue weighted by Crippen LogP contribution is 2.25. The molecule has 21 heavy (non-hydrogen) atoms. The van der Waals surface area contributed by atoms with Gasteiger partial charge >= 0.3 is 0 Å². The molecule has 8 nitrogen and oxygen atoms in total. The minimum atomic E-state index is -3.86. The predicted octanol–water partition coefficient (Wildman–Crippen LogP) is 0.151. The van der Waals surface area contributed by atoms with E-state index in [1.54, 1.807) is 11.6 Å². The number of hydrogen-bond acceptors (Lipinski definition) is 7. The Morgan fingerprint density at radius 3 is 2.67 bits per heavy atom. The summed E-state index contributed by atoms with van der Waals surface area (Å²) < 4.78 is 50.7. The number of anilines is 1. The molecule has 0 atom stereocenters. The van der Waals surface area contributed by atoms with E-state index >= 15 is 0 Å². The summed E-state index contributed by atoms with van der Waals surface area (Å²) in [6.45, 7) is 2.18. The van der Waals surface area contributed by atoms with Crippen LogP contribution in [-0.4, -0.2) is 51.3 Å². The number of fused-ring (bicyclic) bond motifs is 1. The molecular weight excluding hydrogens is 336 g/mol. The Labute approximate surface area is 127 Å². The molecule has 2 N–H and O–H groups in total. The van der Waals surface area contributed by atoms with Crippen molar-refractivity contribution in [3.05, 3.63) is 11.6 Å². The van der Waals surface area contributed by atoms with Crippen LogP contribution in [0.15, 0.2) is 16.6 Å². The smallest absolute Gasteiger partial charge is 0.260 e. The third kappa shape index (κ3) is 3.73. The fraction of sp³-hybridized carbons (Fsp3) is 0.500. The van der Waals surface area contributed by atoms with E-state index in [1.165, 1.54) is 15.7 Å². The third-order valence-corrected chi connectivity index (χ3v) is 5.77. The van der Waals surface area contributed by atoms with Crippen LogP contribution in [0.5, 0.6) is 0 Å². The molecule has 2 rings (SSSR count). The summed E-state index contributed by atoms with van der Waals surface area (Å²) in [6, 6.07) is 0. The van der Waals surface area contributed by atoms with E-state index in [-0.39, 0.29) is 23.1 Å². The van der Waals surface area contributed by atoms with Crippen molar-refractivity contribution in [1.82, 2.24) is 14.1 Å². The highest BCUT2D eigenvalue weighted by Gasteiger charge is 2.25. The van der Waals surface area contributed by atoms with E-state index in [2.05, 4.69) is 15.0 Å². The number of aromatic nitrogens is 2. The zero-order valence-corrected chi connectivity index (χ0v) is 14.0. The molecule has 0 bridgehead atoms. The lowest BCUT2D eigenvalue weighted by atomic mass is 10.6. The summed E-state index contributed by atoms with van der Waals surface area (Å²) in [6.07, 6.45) is 2.67. The molecule has 0 aliphatic heterocycles. The van der Waals surface area contributed by atoms with Gasteiger partial charge in [0, 0.05) is 30.9 Å². The minimum Gasteiger partial charge on any atom is -0.368 e. The van der Waals surface area contributed by atoms with Crippen LogP contribution in [0.4, 0.5) is 5.82 Å². The number of rotatable bonds is 7. The molecular formula is C10H16N4O4S3.